The second-order valence-corrected chi connectivity index (χ2v) is 8.05. The first-order chi connectivity index (χ1) is 15.2. The summed E-state index contributed by atoms with van der Waals surface area (Å²) in [6.45, 7) is 0.944. The maximum absolute atomic E-state index is 12.0. The smallest absolute Gasteiger partial charge is 0.341 e. The van der Waals surface area contributed by atoms with Crippen LogP contribution in [-0.2, 0) is 11.2 Å². The van der Waals surface area contributed by atoms with Crippen LogP contribution in [0, 0.1) is 0 Å². The molecule has 0 saturated carbocycles. The fraction of sp³-hybridized carbons (Fsp3) is 0.346. The Morgan fingerprint density at radius 2 is 1.97 bits per heavy atom. The molecule has 3 aromatic rings. The highest BCUT2D eigenvalue weighted by Crippen LogP contribution is 2.30. The summed E-state index contributed by atoms with van der Waals surface area (Å²) in [4.78, 5) is 15.3. The molecule has 2 N–H and O–H groups in total. The molecular formula is C26H30N2O3. The minimum atomic E-state index is -0.390. The Hall–Kier alpha value is -3.05. The summed E-state index contributed by atoms with van der Waals surface area (Å²) in [5.41, 5.74) is 5.42. The van der Waals surface area contributed by atoms with Crippen molar-refractivity contribution in [2.45, 2.75) is 38.1 Å². The molecule has 0 amide bonds. The third kappa shape index (κ3) is 4.83. The van der Waals surface area contributed by atoms with E-state index in [9.17, 15) is 4.79 Å². The summed E-state index contributed by atoms with van der Waals surface area (Å²) in [6.07, 6.45) is 9.90. The Balaban J connectivity index is 1.34. The first-order valence-corrected chi connectivity index (χ1v) is 10.9. The average Bonchev–Trinajstić information content (AvgIpc) is 3.23. The summed E-state index contributed by atoms with van der Waals surface area (Å²) in [5, 5.41) is 4.74. The number of H-pyrrole nitrogens is 1. The SMILES string of the molecule is COC(=O)c1cc2[nH]cc(CCCCC3CC(c4ccccc4)=CCN3)c2cc1OC. The van der Waals surface area contributed by atoms with Gasteiger partial charge in [-0.3, -0.25) is 0 Å². The minimum Gasteiger partial charge on any atom is -0.496 e. The molecule has 1 atom stereocenters. The fourth-order valence-corrected chi connectivity index (χ4v) is 4.42. The fourth-order valence-electron chi connectivity index (χ4n) is 4.42. The van der Waals surface area contributed by atoms with Crippen LogP contribution in [0.25, 0.3) is 16.5 Å². The molecule has 2 aromatic carbocycles. The highest BCUT2D eigenvalue weighted by Gasteiger charge is 2.17. The molecular weight excluding hydrogens is 388 g/mol. The molecule has 1 aliphatic rings. The normalized spacial score (nSPS) is 16.2. The van der Waals surface area contributed by atoms with Crippen LogP contribution in [-0.4, -0.2) is 37.8 Å². The minimum absolute atomic E-state index is 0.390. The van der Waals surface area contributed by atoms with Gasteiger partial charge in [0.05, 0.1) is 14.2 Å². The van der Waals surface area contributed by atoms with E-state index in [1.165, 1.54) is 36.7 Å². The van der Waals surface area contributed by atoms with E-state index in [-0.39, 0.29) is 5.97 Å². The van der Waals surface area contributed by atoms with Crippen molar-refractivity contribution >= 4 is 22.4 Å². The van der Waals surface area contributed by atoms with E-state index in [1.54, 1.807) is 7.11 Å². The largest absolute Gasteiger partial charge is 0.496 e. The lowest BCUT2D eigenvalue weighted by molar-refractivity contribution is 0.0597. The van der Waals surface area contributed by atoms with Gasteiger partial charge in [0, 0.05) is 29.7 Å². The molecule has 1 unspecified atom stereocenters. The van der Waals surface area contributed by atoms with Crippen molar-refractivity contribution < 1.29 is 14.3 Å². The number of nitrogens with one attached hydrogen (secondary N) is 2. The van der Waals surface area contributed by atoms with Crippen molar-refractivity contribution in [3.8, 4) is 5.75 Å². The lowest BCUT2D eigenvalue weighted by Crippen LogP contribution is -2.32. The number of carbonyl (C=O) groups excluding carboxylic acids is 1. The van der Waals surface area contributed by atoms with Crippen LogP contribution in [0.5, 0.6) is 5.75 Å². The van der Waals surface area contributed by atoms with Gasteiger partial charge in [0.15, 0.2) is 0 Å². The number of hydrogen-bond acceptors (Lipinski definition) is 4. The quantitative estimate of drug-likeness (QED) is 0.394. The number of aryl methyl sites for hydroxylation is 1. The monoisotopic (exact) mass is 418 g/mol. The molecule has 0 saturated heterocycles. The predicted octanol–water partition coefficient (Wildman–Crippen LogP) is 5.12. The van der Waals surface area contributed by atoms with Gasteiger partial charge in [0.25, 0.3) is 0 Å². The van der Waals surface area contributed by atoms with Gasteiger partial charge in [-0.05, 0) is 54.5 Å². The summed E-state index contributed by atoms with van der Waals surface area (Å²) in [7, 11) is 2.96. The van der Waals surface area contributed by atoms with Crippen molar-refractivity contribution in [3.63, 3.8) is 0 Å². The van der Waals surface area contributed by atoms with E-state index in [0.29, 0.717) is 17.4 Å². The highest BCUT2D eigenvalue weighted by molar-refractivity contribution is 5.98. The van der Waals surface area contributed by atoms with Crippen LogP contribution in [0.4, 0.5) is 0 Å². The van der Waals surface area contributed by atoms with Gasteiger partial charge in [-0.2, -0.15) is 0 Å². The number of rotatable bonds is 8. The zero-order chi connectivity index (χ0) is 21.6. The number of esters is 1. The first kappa shape index (κ1) is 21.2. The number of hydrogen-bond donors (Lipinski definition) is 2. The number of methoxy groups -OCH3 is 2. The molecule has 0 bridgehead atoms. The second kappa shape index (κ2) is 9.84. The molecule has 2 heterocycles. The second-order valence-electron chi connectivity index (χ2n) is 8.05. The molecule has 31 heavy (non-hydrogen) atoms. The lowest BCUT2D eigenvalue weighted by atomic mass is 9.92. The summed E-state index contributed by atoms with van der Waals surface area (Å²) >= 11 is 0. The van der Waals surface area contributed by atoms with E-state index in [0.717, 1.165) is 36.7 Å². The van der Waals surface area contributed by atoms with Gasteiger partial charge < -0.3 is 19.8 Å². The first-order valence-electron chi connectivity index (χ1n) is 10.9. The van der Waals surface area contributed by atoms with E-state index < -0.39 is 0 Å². The standard InChI is InChI=1S/C26H30N2O3/c1-30-25-16-22-20(17-28-24(22)15-23(25)26(29)31-2)10-6-7-11-21-14-19(12-13-27-21)18-8-4-3-5-9-18/h3-5,8-9,12,15-17,21,27-28H,6-7,10-11,13-14H2,1-2H3. The van der Waals surface area contributed by atoms with E-state index in [4.69, 9.17) is 9.47 Å². The third-order valence-corrected chi connectivity index (χ3v) is 6.11. The third-order valence-electron chi connectivity index (χ3n) is 6.11. The van der Waals surface area contributed by atoms with Gasteiger partial charge >= 0.3 is 5.97 Å². The Labute approximate surface area is 183 Å². The number of unbranched alkanes of at least 4 members (excludes halogenated alkanes) is 1. The lowest BCUT2D eigenvalue weighted by Gasteiger charge is -2.24. The molecule has 5 heteroatoms. The summed E-state index contributed by atoms with van der Waals surface area (Å²) in [6, 6.07) is 15.0. The van der Waals surface area contributed by atoms with Crippen LogP contribution in [0.1, 0.15) is 47.2 Å². The highest BCUT2D eigenvalue weighted by atomic mass is 16.5. The number of aromatic amines is 1. The maximum Gasteiger partial charge on any atom is 0.341 e. The van der Waals surface area contributed by atoms with Crippen LogP contribution < -0.4 is 10.1 Å². The number of fused-ring (bicyclic) bond motifs is 1. The summed E-state index contributed by atoms with van der Waals surface area (Å²) in [5.74, 6) is 0.158. The molecule has 0 fully saturated rings. The molecule has 162 valence electrons. The molecule has 4 rings (SSSR count). The van der Waals surface area contributed by atoms with Crippen LogP contribution in [0.2, 0.25) is 0 Å². The zero-order valence-electron chi connectivity index (χ0n) is 18.2. The van der Waals surface area contributed by atoms with E-state index in [2.05, 4.69) is 46.7 Å². The van der Waals surface area contributed by atoms with Gasteiger partial charge in [-0.1, -0.05) is 42.8 Å². The van der Waals surface area contributed by atoms with Gasteiger partial charge in [-0.15, -0.1) is 0 Å². The van der Waals surface area contributed by atoms with Crippen LogP contribution in [0.15, 0.2) is 54.7 Å². The van der Waals surface area contributed by atoms with Crippen molar-refractivity contribution in [1.82, 2.24) is 10.3 Å². The Morgan fingerprint density at radius 1 is 1.13 bits per heavy atom. The maximum atomic E-state index is 12.0. The number of ether oxygens (including phenoxy) is 2. The molecule has 0 radical (unpaired) electrons. The van der Waals surface area contributed by atoms with Crippen molar-refractivity contribution in [1.29, 1.82) is 0 Å². The molecule has 0 spiro atoms. The van der Waals surface area contributed by atoms with Crippen LogP contribution in [0.3, 0.4) is 0 Å². The van der Waals surface area contributed by atoms with Crippen molar-refractivity contribution in [2.24, 2.45) is 0 Å². The molecule has 1 aromatic heterocycles. The Morgan fingerprint density at radius 3 is 2.74 bits per heavy atom. The van der Waals surface area contributed by atoms with Gasteiger partial charge in [0.2, 0.25) is 0 Å². The molecule has 1 aliphatic heterocycles. The Bertz CT molecular complexity index is 1070. The number of carbonyl (C=O) groups is 1. The van der Waals surface area contributed by atoms with E-state index in [1.807, 2.05) is 18.3 Å². The predicted molar refractivity (Wildman–Crippen MR) is 125 cm³/mol. The van der Waals surface area contributed by atoms with E-state index >= 15 is 0 Å². The van der Waals surface area contributed by atoms with Crippen molar-refractivity contribution in [3.05, 3.63) is 71.4 Å². The Kier molecular flexibility index (Phi) is 6.73. The number of aromatic nitrogens is 1. The zero-order valence-corrected chi connectivity index (χ0v) is 18.2. The summed E-state index contributed by atoms with van der Waals surface area (Å²) < 4.78 is 10.3. The average molecular weight is 419 g/mol. The van der Waals surface area contributed by atoms with Crippen molar-refractivity contribution in [2.75, 3.05) is 20.8 Å². The van der Waals surface area contributed by atoms with Gasteiger partial charge in [-0.25, -0.2) is 4.79 Å². The van der Waals surface area contributed by atoms with Crippen LogP contribution >= 0.6 is 0 Å². The topological polar surface area (TPSA) is 63.4 Å². The molecule has 5 nitrogen and oxygen atoms in total. The van der Waals surface area contributed by atoms with Gasteiger partial charge in [0.1, 0.15) is 11.3 Å². The molecule has 0 aliphatic carbocycles. The number of benzene rings is 2.